The van der Waals surface area contributed by atoms with Crippen molar-refractivity contribution in [3.8, 4) is 0 Å². The van der Waals surface area contributed by atoms with E-state index in [9.17, 15) is 4.79 Å². The minimum absolute atomic E-state index is 0.0873. The van der Waals surface area contributed by atoms with Crippen LogP contribution in [0.3, 0.4) is 0 Å². The second-order valence-corrected chi connectivity index (χ2v) is 3.02. The normalized spacial score (nSPS) is 10.8. The van der Waals surface area contributed by atoms with Gasteiger partial charge in [-0.15, -0.1) is 0 Å². The molecular formula is C8H16O4. The molecule has 0 aromatic rings. The van der Waals surface area contributed by atoms with Crippen LogP contribution in [0.15, 0.2) is 0 Å². The first kappa shape index (κ1) is 11.4. The molecule has 2 N–H and O–H groups in total. The number of carbonyl (C=O) groups excluding carboxylic acids is 1. The lowest BCUT2D eigenvalue weighted by molar-refractivity contribution is -0.149. The van der Waals surface area contributed by atoms with Gasteiger partial charge in [0.2, 0.25) is 0 Å². The van der Waals surface area contributed by atoms with Crippen LogP contribution in [0.5, 0.6) is 0 Å². The first-order valence-electron chi connectivity index (χ1n) is 4.00. The molecule has 12 heavy (non-hydrogen) atoms. The molecule has 0 heterocycles. The third-order valence-electron chi connectivity index (χ3n) is 1.45. The zero-order chi connectivity index (χ0) is 9.56. The third kappa shape index (κ3) is 4.31. The summed E-state index contributed by atoms with van der Waals surface area (Å²) in [5, 5.41) is 17.3. The van der Waals surface area contributed by atoms with Crippen LogP contribution in [0, 0.1) is 11.8 Å². The van der Waals surface area contributed by atoms with Crippen molar-refractivity contribution in [3.05, 3.63) is 0 Å². The van der Waals surface area contributed by atoms with E-state index in [0.29, 0.717) is 0 Å². The summed E-state index contributed by atoms with van der Waals surface area (Å²) in [5.41, 5.74) is 0. The number of aliphatic hydroxyl groups excluding tert-OH is 2. The number of rotatable bonds is 5. The maximum absolute atomic E-state index is 10.9. The molecule has 0 bridgehead atoms. The van der Waals surface area contributed by atoms with Gasteiger partial charge < -0.3 is 14.9 Å². The van der Waals surface area contributed by atoms with E-state index in [1.807, 2.05) is 0 Å². The maximum atomic E-state index is 10.9. The highest BCUT2D eigenvalue weighted by atomic mass is 16.5. The second kappa shape index (κ2) is 5.97. The topological polar surface area (TPSA) is 66.8 Å². The molecular weight excluding hydrogens is 160 g/mol. The van der Waals surface area contributed by atoms with Crippen molar-refractivity contribution in [2.75, 3.05) is 19.8 Å². The molecule has 0 atom stereocenters. The van der Waals surface area contributed by atoms with Crippen LogP contribution in [0.25, 0.3) is 0 Å². The fourth-order valence-corrected chi connectivity index (χ4v) is 0.530. The summed E-state index contributed by atoms with van der Waals surface area (Å²) in [7, 11) is 0. The SMILES string of the molecule is CC(C)C(=O)OCC(CO)CO. The van der Waals surface area contributed by atoms with Crippen LogP contribution in [0.4, 0.5) is 0 Å². The van der Waals surface area contributed by atoms with Crippen molar-refractivity contribution < 1.29 is 19.7 Å². The van der Waals surface area contributed by atoms with Gasteiger partial charge in [-0.3, -0.25) is 4.79 Å². The predicted octanol–water partition coefficient (Wildman–Crippen LogP) is -0.214. The number of ether oxygens (including phenoxy) is 1. The number of esters is 1. The molecule has 4 nitrogen and oxygen atoms in total. The maximum Gasteiger partial charge on any atom is 0.308 e. The molecule has 0 unspecified atom stereocenters. The van der Waals surface area contributed by atoms with Gasteiger partial charge in [-0.05, 0) is 0 Å². The molecule has 0 aliphatic carbocycles. The molecule has 0 aliphatic heterocycles. The Morgan fingerprint density at radius 1 is 1.33 bits per heavy atom. The van der Waals surface area contributed by atoms with Crippen LogP contribution in [0.1, 0.15) is 13.8 Å². The molecule has 0 fully saturated rings. The highest BCUT2D eigenvalue weighted by Crippen LogP contribution is 2.00. The van der Waals surface area contributed by atoms with E-state index in [4.69, 9.17) is 14.9 Å². The van der Waals surface area contributed by atoms with E-state index in [1.165, 1.54) is 0 Å². The average molecular weight is 176 g/mol. The van der Waals surface area contributed by atoms with Crippen LogP contribution in [-0.2, 0) is 9.53 Å². The fourth-order valence-electron chi connectivity index (χ4n) is 0.530. The Kier molecular flexibility index (Phi) is 5.66. The van der Waals surface area contributed by atoms with Gasteiger partial charge in [0.1, 0.15) is 0 Å². The summed E-state index contributed by atoms with van der Waals surface area (Å²) in [6.07, 6.45) is 0. The minimum Gasteiger partial charge on any atom is -0.465 e. The summed E-state index contributed by atoms with van der Waals surface area (Å²) in [6, 6.07) is 0. The molecule has 0 amide bonds. The lowest BCUT2D eigenvalue weighted by Crippen LogP contribution is -2.22. The Bertz CT molecular complexity index is 129. The van der Waals surface area contributed by atoms with Crippen LogP contribution in [0.2, 0.25) is 0 Å². The van der Waals surface area contributed by atoms with Crippen LogP contribution >= 0.6 is 0 Å². The molecule has 4 heteroatoms. The predicted molar refractivity (Wildman–Crippen MR) is 43.5 cm³/mol. The van der Waals surface area contributed by atoms with Crippen molar-refractivity contribution >= 4 is 5.97 Å². The quantitative estimate of drug-likeness (QED) is 0.569. The standard InChI is InChI=1S/C8H16O4/c1-6(2)8(11)12-5-7(3-9)4-10/h6-7,9-10H,3-5H2,1-2H3. The molecule has 0 spiro atoms. The highest BCUT2D eigenvalue weighted by molar-refractivity contribution is 5.71. The fraction of sp³-hybridized carbons (Fsp3) is 0.875. The summed E-state index contributed by atoms with van der Waals surface area (Å²) in [4.78, 5) is 10.9. The van der Waals surface area contributed by atoms with E-state index in [1.54, 1.807) is 13.8 Å². The van der Waals surface area contributed by atoms with Crippen molar-refractivity contribution in [3.63, 3.8) is 0 Å². The zero-order valence-corrected chi connectivity index (χ0v) is 7.49. The Morgan fingerprint density at radius 3 is 2.17 bits per heavy atom. The lowest BCUT2D eigenvalue weighted by atomic mass is 10.2. The highest BCUT2D eigenvalue weighted by Gasteiger charge is 2.12. The molecule has 0 aliphatic rings. The monoisotopic (exact) mass is 176 g/mol. The summed E-state index contributed by atoms with van der Waals surface area (Å²) >= 11 is 0. The zero-order valence-electron chi connectivity index (χ0n) is 7.49. The smallest absolute Gasteiger partial charge is 0.308 e. The number of hydrogen-bond acceptors (Lipinski definition) is 4. The van der Waals surface area contributed by atoms with Crippen LogP contribution in [-0.4, -0.2) is 36.0 Å². The van der Waals surface area contributed by atoms with Crippen molar-refractivity contribution in [2.45, 2.75) is 13.8 Å². The number of aliphatic hydroxyl groups is 2. The van der Waals surface area contributed by atoms with Gasteiger partial charge in [-0.2, -0.15) is 0 Å². The average Bonchev–Trinajstić information content (AvgIpc) is 2.05. The van der Waals surface area contributed by atoms with Gasteiger partial charge in [0.25, 0.3) is 0 Å². The van der Waals surface area contributed by atoms with Gasteiger partial charge in [0.15, 0.2) is 0 Å². The molecule has 0 rings (SSSR count). The van der Waals surface area contributed by atoms with E-state index < -0.39 is 0 Å². The number of hydrogen-bond donors (Lipinski definition) is 2. The molecule has 0 aromatic heterocycles. The summed E-state index contributed by atoms with van der Waals surface area (Å²) in [5.74, 6) is -0.822. The van der Waals surface area contributed by atoms with Crippen LogP contribution < -0.4 is 0 Å². The molecule has 72 valence electrons. The van der Waals surface area contributed by atoms with E-state index in [-0.39, 0.29) is 37.6 Å². The Morgan fingerprint density at radius 2 is 1.83 bits per heavy atom. The molecule has 0 saturated carbocycles. The number of carbonyl (C=O) groups is 1. The summed E-state index contributed by atoms with van der Waals surface area (Å²) in [6.45, 7) is 3.22. The Labute approximate surface area is 72.2 Å². The first-order valence-corrected chi connectivity index (χ1v) is 4.00. The molecule has 0 saturated heterocycles. The Balaban J connectivity index is 3.59. The van der Waals surface area contributed by atoms with Crippen molar-refractivity contribution in [1.82, 2.24) is 0 Å². The third-order valence-corrected chi connectivity index (χ3v) is 1.45. The van der Waals surface area contributed by atoms with E-state index in [0.717, 1.165) is 0 Å². The largest absolute Gasteiger partial charge is 0.465 e. The van der Waals surface area contributed by atoms with Crippen molar-refractivity contribution in [1.29, 1.82) is 0 Å². The van der Waals surface area contributed by atoms with Gasteiger partial charge >= 0.3 is 5.97 Å². The molecule has 0 radical (unpaired) electrons. The van der Waals surface area contributed by atoms with Crippen molar-refractivity contribution in [2.24, 2.45) is 11.8 Å². The first-order chi connectivity index (χ1) is 5.61. The van der Waals surface area contributed by atoms with E-state index >= 15 is 0 Å². The summed E-state index contributed by atoms with van der Waals surface area (Å²) < 4.78 is 4.79. The van der Waals surface area contributed by atoms with Gasteiger partial charge in [-0.25, -0.2) is 0 Å². The second-order valence-electron chi connectivity index (χ2n) is 3.02. The van der Waals surface area contributed by atoms with E-state index in [2.05, 4.69) is 0 Å². The Hall–Kier alpha value is -0.610. The van der Waals surface area contributed by atoms with Gasteiger partial charge in [0.05, 0.1) is 25.7 Å². The van der Waals surface area contributed by atoms with Gasteiger partial charge in [0, 0.05) is 5.92 Å². The molecule has 0 aromatic carbocycles. The minimum atomic E-state index is -0.354. The van der Waals surface area contributed by atoms with Gasteiger partial charge in [-0.1, -0.05) is 13.8 Å². The lowest BCUT2D eigenvalue weighted by Gasteiger charge is -2.12.